The molecule has 0 spiro atoms. The number of carboxylic acid groups (broad SMARTS) is 1. The van der Waals surface area contributed by atoms with Crippen LogP contribution in [0.25, 0.3) is 5.69 Å². The van der Waals surface area contributed by atoms with Crippen LogP contribution in [0.5, 0.6) is 0 Å². The van der Waals surface area contributed by atoms with Crippen LogP contribution in [0.4, 0.5) is 0 Å². The molecule has 0 saturated carbocycles. The van der Waals surface area contributed by atoms with Gasteiger partial charge in [-0.3, -0.25) is 0 Å². The highest BCUT2D eigenvalue weighted by Crippen LogP contribution is 2.08. The molecule has 1 aromatic carbocycles. The fraction of sp³-hybridized carbons (Fsp3) is 0.100. The van der Waals surface area contributed by atoms with Gasteiger partial charge in [0.2, 0.25) is 0 Å². The molecule has 0 aliphatic heterocycles. The molecule has 0 radical (unpaired) electrons. The number of carboxylic acids is 1. The topological polar surface area (TPSA) is 70.8 Å². The van der Waals surface area contributed by atoms with Gasteiger partial charge in [0.1, 0.15) is 0 Å². The zero-order chi connectivity index (χ0) is 10.7. The summed E-state index contributed by atoms with van der Waals surface area (Å²) in [7, 11) is 0. The number of benzene rings is 1. The number of carbonyl (C=O) groups excluding carboxylic acids is 1. The summed E-state index contributed by atoms with van der Waals surface area (Å²) < 4.78 is 1.60. The average Bonchev–Trinajstić information content (AvgIpc) is 2.71. The molecule has 2 rings (SSSR count). The second kappa shape index (κ2) is 3.91. The molecule has 5 nitrogen and oxygen atoms in total. The summed E-state index contributed by atoms with van der Waals surface area (Å²) in [4.78, 5) is 10.3. The van der Waals surface area contributed by atoms with Crippen molar-refractivity contribution in [1.29, 1.82) is 0 Å². The molecule has 76 valence electrons. The van der Waals surface area contributed by atoms with Crippen molar-refractivity contribution in [2.24, 2.45) is 0 Å². The first-order valence-corrected chi connectivity index (χ1v) is 4.41. The largest absolute Gasteiger partial charge is 0.550 e. The molecule has 0 fully saturated rings. The molecule has 0 aliphatic rings. The van der Waals surface area contributed by atoms with E-state index in [1.807, 2.05) is 0 Å². The summed E-state index contributed by atoms with van der Waals surface area (Å²) in [6.07, 6.45) is 3.22. The number of nitrogens with zero attached hydrogens (tertiary/aromatic N) is 3. The van der Waals surface area contributed by atoms with Crippen LogP contribution < -0.4 is 5.11 Å². The van der Waals surface area contributed by atoms with Crippen LogP contribution in [-0.2, 0) is 11.2 Å². The van der Waals surface area contributed by atoms with Crippen molar-refractivity contribution in [2.75, 3.05) is 0 Å². The highest BCUT2D eigenvalue weighted by molar-refractivity contribution is 5.68. The van der Waals surface area contributed by atoms with Crippen LogP contribution in [0, 0.1) is 0 Å². The first kappa shape index (κ1) is 9.39. The first-order chi connectivity index (χ1) is 7.25. The molecule has 0 amide bonds. The van der Waals surface area contributed by atoms with Crippen molar-refractivity contribution < 1.29 is 9.90 Å². The number of aliphatic carboxylic acids is 1. The van der Waals surface area contributed by atoms with E-state index < -0.39 is 5.97 Å². The lowest BCUT2D eigenvalue weighted by atomic mass is 10.1. The molecule has 1 aromatic heterocycles. The fourth-order valence-electron chi connectivity index (χ4n) is 1.28. The van der Waals surface area contributed by atoms with E-state index in [1.165, 1.54) is 0 Å². The zero-order valence-corrected chi connectivity index (χ0v) is 7.83. The second-order valence-corrected chi connectivity index (χ2v) is 3.06. The summed E-state index contributed by atoms with van der Waals surface area (Å²) in [6.45, 7) is 0. The Kier molecular flexibility index (Phi) is 2.45. The van der Waals surface area contributed by atoms with Gasteiger partial charge in [0.15, 0.2) is 0 Å². The maximum Gasteiger partial charge on any atom is 0.0697 e. The molecule has 2 aromatic rings. The third-order valence-electron chi connectivity index (χ3n) is 1.97. The van der Waals surface area contributed by atoms with E-state index in [1.54, 1.807) is 41.3 Å². The van der Waals surface area contributed by atoms with Gasteiger partial charge in [0, 0.05) is 12.4 Å². The Bertz CT molecular complexity index is 448. The number of aromatic nitrogens is 3. The predicted molar refractivity (Wildman–Crippen MR) is 50.1 cm³/mol. The molecule has 0 saturated heterocycles. The van der Waals surface area contributed by atoms with Crippen molar-refractivity contribution in [3.63, 3.8) is 0 Å². The molecular formula is C10H8N3O2-. The maximum absolute atomic E-state index is 10.3. The minimum atomic E-state index is -1.08. The van der Waals surface area contributed by atoms with Gasteiger partial charge >= 0.3 is 0 Å². The molecule has 0 atom stereocenters. The molecule has 0 unspecified atom stereocenters. The Labute approximate surface area is 86.0 Å². The minimum absolute atomic E-state index is 0.0718. The Hall–Kier alpha value is -2.17. The van der Waals surface area contributed by atoms with E-state index in [0.29, 0.717) is 5.56 Å². The van der Waals surface area contributed by atoms with Crippen LogP contribution in [0.3, 0.4) is 0 Å². The van der Waals surface area contributed by atoms with Crippen molar-refractivity contribution in [3.05, 3.63) is 42.2 Å². The highest BCUT2D eigenvalue weighted by atomic mass is 16.4. The smallest absolute Gasteiger partial charge is 0.0697 e. The molecule has 1 heterocycles. The SMILES string of the molecule is O=C([O-])Cc1ccc(-n2ccnn2)cc1. The first-order valence-electron chi connectivity index (χ1n) is 4.41. The Balaban J connectivity index is 2.21. The van der Waals surface area contributed by atoms with Crippen LogP contribution in [0.2, 0.25) is 0 Å². The van der Waals surface area contributed by atoms with E-state index in [0.717, 1.165) is 5.69 Å². The Morgan fingerprint density at radius 1 is 1.33 bits per heavy atom. The lowest BCUT2D eigenvalue weighted by molar-refractivity contribution is -0.304. The van der Waals surface area contributed by atoms with E-state index in [4.69, 9.17) is 0 Å². The van der Waals surface area contributed by atoms with Gasteiger partial charge in [-0.15, -0.1) is 5.10 Å². The van der Waals surface area contributed by atoms with Gasteiger partial charge in [0.25, 0.3) is 0 Å². The lowest BCUT2D eigenvalue weighted by Gasteiger charge is -2.04. The van der Waals surface area contributed by atoms with E-state index >= 15 is 0 Å². The van der Waals surface area contributed by atoms with Gasteiger partial charge in [-0.2, -0.15) is 0 Å². The summed E-state index contributed by atoms with van der Waals surface area (Å²) in [5, 5.41) is 17.8. The predicted octanol–water partition coefficient (Wildman–Crippen LogP) is -0.440. The number of rotatable bonds is 3. The molecular weight excluding hydrogens is 194 g/mol. The average molecular weight is 202 g/mol. The van der Waals surface area contributed by atoms with Crippen molar-refractivity contribution >= 4 is 5.97 Å². The second-order valence-electron chi connectivity index (χ2n) is 3.06. The van der Waals surface area contributed by atoms with E-state index in [-0.39, 0.29) is 6.42 Å². The number of hydrogen-bond acceptors (Lipinski definition) is 4. The van der Waals surface area contributed by atoms with Crippen molar-refractivity contribution in [2.45, 2.75) is 6.42 Å². The molecule has 5 heteroatoms. The van der Waals surface area contributed by atoms with Crippen LogP contribution in [-0.4, -0.2) is 21.0 Å². The van der Waals surface area contributed by atoms with E-state index in [9.17, 15) is 9.90 Å². The lowest BCUT2D eigenvalue weighted by Crippen LogP contribution is -2.24. The van der Waals surface area contributed by atoms with Gasteiger partial charge in [-0.1, -0.05) is 17.3 Å². The fourth-order valence-corrected chi connectivity index (χ4v) is 1.28. The van der Waals surface area contributed by atoms with Crippen molar-refractivity contribution in [3.8, 4) is 5.69 Å². The third kappa shape index (κ3) is 2.19. The zero-order valence-electron chi connectivity index (χ0n) is 7.83. The van der Waals surface area contributed by atoms with Crippen LogP contribution in [0.15, 0.2) is 36.7 Å². The normalized spacial score (nSPS) is 10.1. The number of hydrogen-bond donors (Lipinski definition) is 0. The van der Waals surface area contributed by atoms with Gasteiger partial charge in [-0.05, 0) is 17.7 Å². The standard InChI is InChI=1S/C10H9N3O2/c14-10(15)7-8-1-3-9(4-2-8)13-6-5-11-12-13/h1-6H,7H2,(H,14,15)/p-1. The molecule has 15 heavy (non-hydrogen) atoms. The summed E-state index contributed by atoms with van der Waals surface area (Å²) in [5.41, 5.74) is 1.55. The number of carbonyl (C=O) groups is 1. The van der Waals surface area contributed by atoms with Crippen LogP contribution >= 0.6 is 0 Å². The summed E-state index contributed by atoms with van der Waals surface area (Å²) in [6, 6.07) is 7.03. The minimum Gasteiger partial charge on any atom is -0.550 e. The third-order valence-corrected chi connectivity index (χ3v) is 1.97. The Morgan fingerprint density at radius 2 is 2.07 bits per heavy atom. The van der Waals surface area contributed by atoms with Crippen molar-refractivity contribution in [1.82, 2.24) is 15.0 Å². The monoisotopic (exact) mass is 202 g/mol. The molecule has 0 aliphatic carbocycles. The molecule has 0 bridgehead atoms. The van der Waals surface area contributed by atoms with Gasteiger partial charge in [-0.25, -0.2) is 4.68 Å². The highest BCUT2D eigenvalue weighted by Gasteiger charge is 1.97. The van der Waals surface area contributed by atoms with Crippen LogP contribution in [0.1, 0.15) is 5.56 Å². The quantitative estimate of drug-likeness (QED) is 0.676. The van der Waals surface area contributed by atoms with E-state index in [2.05, 4.69) is 10.3 Å². The molecule has 0 N–H and O–H groups in total. The Morgan fingerprint density at radius 3 is 2.60 bits per heavy atom. The van der Waals surface area contributed by atoms with Gasteiger partial charge in [0.05, 0.1) is 18.1 Å². The summed E-state index contributed by atoms with van der Waals surface area (Å²) in [5.74, 6) is -1.08. The maximum atomic E-state index is 10.3. The van der Waals surface area contributed by atoms with Gasteiger partial charge < -0.3 is 9.90 Å². The summed E-state index contributed by atoms with van der Waals surface area (Å²) >= 11 is 0.